The molecule has 0 radical (unpaired) electrons. The molecule has 1 atom stereocenters. The van der Waals surface area contributed by atoms with E-state index in [1.54, 1.807) is 24.3 Å². The van der Waals surface area contributed by atoms with Crippen LogP contribution in [0.15, 0.2) is 52.7 Å². The summed E-state index contributed by atoms with van der Waals surface area (Å²) >= 11 is 5.97. The highest BCUT2D eigenvalue weighted by Gasteiger charge is 2.22. The maximum absolute atomic E-state index is 12.7. The van der Waals surface area contributed by atoms with Crippen LogP contribution in [0.25, 0.3) is 0 Å². The van der Waals surface area contributed by atoms with Crippen molar-refractivity contribution in [1.82, 2.24) is 0 Å². The molecule has 0 aliphatic heterocycles. The molecule has 0 bridgehead atoms. The number of rotatable bonds is 7. The first-order valence-electron chi connectivity index (χ1n) is 7.46. The van der Waals surface area contributed by atoms with Crippen LogP contribution in [0.4, 0.5) is 5.69 Å². The summed E-state index contributed by atoms with van der Waals surface area (Å²) in [5.41, 5.74) is 0.618. The summed E-state index contributed by atoms with van der Waals surface area (Å²) in [5, 5.41) is 16.6. The number of hydrogen-bond donors (Lipinski definition) is 1. The molecule has 2 aromatic rings. The Morgan fingerprint density at radius 3 is 2.31 bits per heavy atom. The molecule has 7 nitrogen and oxygen atoms in total. The Balaban J connectivity index is 2.42. The monoisotopic (exact) mass is 374 g/mol. The average Bonchev–Trinajstić information content (AvgIpc) is 2.61. The third-order valence-electron chi connectivity index (χ3n) is 3.46. The van der Waals surface area contributed by atoms with Crippen molar-refractivity contribution in [2.45, 2.75) is 13.0 Å². The smallest absolute Gasteiger partial charge is 0.338 e. The Morgan fingerprint density at radius 1 is 1.12 bits per heavy atom. The Morgan fingerprint density at radius 2 is 1.77 bits per heavy atom. The fourth-order valence-electron chi connectivity index (χ4n) is 2.10. The Hall–Kier alpha value is -3.06. The van der Waals surface area contributed by atoms with Crippen molar-refractivity contribution < 1.29 is 24.2 Å². The van der Waals surface area contributed by atoms with E-state index in [1.165, 1.54) is 25.3 Å². The van der Waals surface area contributed by atoms with Crippen LogP contribution in [0.5, 0.6) is 5.75 Å². The van der Waals surface area contributed by atoms with E-state index >= 15 is 0 Å². The van der Waals surface area contributed by atoms with E-state index in [1.807, 2.05) is 0 Å². The highest BCUT2D eigenvalue weighted by atomic mass is 35.5. The van der Waals surface area contributed by atoms with Gasteiger partial charge in [-0.3, -0.25) is 9.59 Å². The highest BCUT2D eigenvalue weighted by molar-refractivity contribution is 6.31. The van der Waals surface area contributed by atoms with Gasteiger partial charge in [0, 0.05) is 10.6 Å². The van der Waals surface area contributed by atoms with E-state index in [0.29, 0.717) is 16.3 Å². The number of ketones is 2. The van der Waals surface area contributed by atoms with E-state index in [-0.39, 0.29) is 17.0 Å². The van der Waals surface area contributed by atoms with Gasteiger partial charge in [-0.05, 0) is 49.4 Å². The summed E-state index contributed by atoms with van der Waals surface area (Å²) in [6, 6.07) is 9.13. The third kappa shape index (κ3) is 4.52. The molecule has 26 heavy (non-hydrogen) atoms. The van der Waals surface area contributed by atoms with E-state index in [0.717, 1.165) is 6.92 Å². The molecule has 0 aliphatic carbocycles. The number of benzene rings is 2. The van der Waals surface area contributed by atoms with Crippen LogP contribution in [-0.2, 0) is 9.59 Å². The minimum absolute atomic E-state index is 0.114. The van der Waals surface area contributed by atoms with Gasteiger partial charge in [0.25, 0.3) is 0 Å². The van der Waals surface area contributed by atoms with Gasteiger partial charge in [-0.1, -0.05) is 11.6 Å². The fraction of sp³-hybridized carbons (Fsp3) is 0.167. The van der Waals surface area contributed by atoms with Gasteiger partial charge in [0.15, 0.2) is 11.6 Å². The van der Waals surface area contributed by atoms with Gasteiger partial charge >= 0.3 is 5.97 Å². The predicted molar refractivity (Wildman–Crippen MR) is 94.5 cm³/mol. The standard InChI is InChI=1S/C18H15ClN2O5/c1-10(22)16(18(24)25)21-20-15-8-5-12(19)9-14(15)17(23)11-3-6-13(26-2)7-4-11/h3-9,16H,1-2H3,(H,24,25)/b21-20+. The SMILES string of the molecule is COc1ccc(C(=O)c2cc(Cl)ccc2/N=N/C(C(C)=O)C(=O)O)cc1. The third-order valence-corrected chi connectivity index (χ3v) is 3.69. The number of carbonyl (C=O) groups excluding carboxylic acids is 2. The van der Waals surface area contributed by atoms with Crippen LogP contribution >= 0.6 is 11.6 Å². The summed E-state index contributed by atoms with van der Waals surface area (Å²) in [6.07, 6.45) is 0. The first-order chi connectivity index (χ1) is 12.3. The molecule has 0 aromatic heterocycles. The lowest BCUT2D eigenvalue weighted by atomic mass is 10.0. The van der Waals surface area contributed by atoms with Crippen LogP contribution in [0.3, 0.4) is 0 Å². The fourth-order valence-corrected chi connectivity index (χ4v) is 2.27. The number of carbonyl (C=O) groups is 3. The molecule has 2 rings (SSSR count). The van der Waals surface area contributed by atoms with Crippen LogP contribution in [-0.4, -0.2) is 35.8 Å². The van der Waals surface area contributed by atoms with Gasteiger partial charge in [0.1, 0.15) is 5.75 Å². The van der Waals surface area contributed by atoms with Crippen LogP contribution in [0, 0.1) is 0 Å². The number of azo groups is 1. The van der Waals surface area contributed by atoms with Crippen LogP contribution < -0.4 is 4.74 Å². The molecule has 0 spiro atoms. The molecule has 1 N–H and O–H groups in total. The molecule has 8 heteroatoms. The van der Waals surface area contributed by atoms with Gasteiger partial charge in [-0.25, -0.2) is 4.79 Å². The molecular weight excluding hydrogens is 360 g/mol. The molecule has 0 saturated carbocycles. The second kappa shape index (κ2) is 8.35. The Labute approximate surface area is 154 Å². The number of ether oxygens (including phenoxy) is 1. The van der Waals surface area contributed by atoms with E-state index in [9.17, 15) is 14.4 Å². The lowest BCUT2D eigenvalue weighted by Crippen LogP contribution is -2.25. The first kappa shape index (κ1) is 19.3. The largest absolute Gasteiger partial charge is 0.497 e. The van der Waals surface area contributed by atoms with Crippen molar-refractivity contribution in [3.63, 3.8) is 0 Å². The maximum Gasteiger partial charge on any atom is 0.338 e. The Kier molecular flexibility index (Phi) is 6.19. The molecule has 0 fully saturated rings. The maximum atomic E-state index is 12.7. The van der Waals surface area contributed by atoms with Crippen molar-refractivity contribution in [2.75, 3.05) is 7.11 Å². The zero-order valence-corrected chi connectivity index (χ0v) is 14.7. The van der Waals surface area contributed by atoms with Gasteiger partial charge in [-0.2, -0.15) is 10.2 Å². The van der Waals surface area contributed by atoms with E-state index in [4.69, 9.17) is 21.4 Å². The lowest BCUT2D eigenvalue weighted by Gasteiger charge is -2.07. The molecular formula is C18H15ClN2O5. The lowest BCUT2D eigenvalue weighted by molar-refractivity contribution is -0.141. The summed E-state index contributed by atoms with van der Waals surface area (Å²) in [7, 11) is 1.51. The van der Waals surface area contributed by atoms with Crippen molar-refractivity contribution in [1.29, 1.82) is 0 Å². The van der Waals surface area contributed by atoms with Gasteiger partial charge in [0.05, 0.1) is 18.4 Å². The summed E-state index contributed by atoms with van der Waals surface area (Å²) in [4.78, 5) is 35.1. The molecule has 0 amide bonds. The van der Waals surface area contributed by atoms with Crippen molar-refractivity contribution in [3.05, 3.63) is 58.6 Å². The average molecular weight is 375 g/mol. The number of halogens is 1. The van der Waals surface area contributed by atoms with Crippen molar-refractivity contribution in [3.8, 4) is 5.75 Å². The molecule has 2 aromatic carbocycles. The number of carboxylic acids is 1. The summed E-state index contributed by atoms with van der Waals surface area (Å²) < 4.78 is 5.05. The number of nitrogens with zero attached hydrogens (tertiary/aromatic N) is 2. The number of hydrogen-bond acceptors (Lipinski definition) is 6. The number of methoxy groups -OCH3 is 1. The van der Waals surface area contributed by atoms with E-state index < -0.39 is 17.8 Å². The second-order valence-electron chi connectivity index (χ2n) is 5.29. The first-order valence-corrected chi connectivity index (χ1v) is 7.83. The predicted octanol–water partition coefficient (Wildman–Crippen LogP) is 3.71. The molecule has 0 heterocycles. The number of aliphatic carboxylic acids is 1. The molecule has 134 valence electrons. The van der Waals surface area contributed by atoms with Crippen LogP contribution in [0.2, 0.25) is 5.02 Å². The number of Topliss-reactive ketones (excluding diaryl/α,β-unsaturated/α-hetero) is 1. The topological polar surface area (TPSA) is 105 Å². The quantitative estimate of drug-likeness (QED) is 0.452. The zero-order valence-electron chi connectivity index (χ0n) is 14.0. The van der Waals surface area contributed by atoms with Crippen molar-refractivity contribution >= 4 is 34.8 Å². The van der Waals surface area contributed by atoms with Gasteiger partial charge in [-0.15, -0.1) is 0 Å². The minimum atomic E-state index is -1.63. The van der Waals surface area contributed by atoms with Crippen molar-refractivity contribution in [2.24, 2.45) is 10.2 Å². The normalized spacial score (nSPS) is 12.0. The van der Waals surface area contributed by atoms with Gasteiger partial charge < -0.3 is 9.84 Å². The Bertz CT molecular complexity index is 864. The van der Waals surface area contributed by atoms with E-state index in [2.05, 4.69) is 10.2 Å². The second-order valence-corrected chi connectivity index (χ2v) is 5.72. The zero-order chi connectivity index (χ0) is 19.3. The minimum Gasteiger partial charge on any atom is -0.497 e. The molecule has 1 unspecified atom stereocenters. The highest BCUT2D eigenvalue weighted by Crippen LogP contribution is 2.27. The molecule has 0 saturated heterocycles. The summed E-state index contributed by atoms with van der Waals surface area (Å²) in [5.74, 6) is -1.87. The van der Waals surface area contributed by atoms with Crippen LogP contribution in [0.1, 0.15) is 22.8 Å². The number of carboxylic acid groups (broad SMARTS) is 1. The van der Waals surface area contributed by atoms with Gasteiger partial charge in [0.2, 0.25) is 6.04 Å². The summed E-state index contributed by atoms with van der Waals surface area (Å²) in [6.45, 7) is 1.10. The molecule has 0 aliphatic rings.